The predicted octanol–water partition coefficient (Wildman–Crippen LogP) is 2.57. The van der Waals surface area contributed by atoms with Crippen LogP contribution in [0.4, 0.5) is 18.0 Å². The second kappa shape index (κ2) is 7.40. The summed E-state index contributed by atoms with van der Waals surface area (Å²) in [6, 6.07) is 2.07. The topological polar surface area (TPSA) is 119 Å². The maximum absolute atomic E-state index is 12.3. The molecule has 0 radical (unpaired) electrons. The van der Waals surface area contributed by atoms with Gasteiger partial charge in [-0.1, -0.05) is 12.1 Å². The van der Waals surface area contributed by atoms with E-state index in [1.165, 1.54) is 0 Å². The Morgan fingerprint density at radius 2 is 1.62 bits per heavy atom. The fraction of sp³-hybridized carbons (Fsp3) is 0.429. The van der Waals surface area contributed by atoms with E-state index < -0.39 is 45.1 Å². The highest BCUT2D eigenvalue weighted by Gasteiger charge is 2.48. The van der Waals surface area contributed by atoms with Crippen molar-refractivity contribution in [3.63, 3.8) is 0 Å². The lowest BCUT2D eigenvalue weighted by molar-refractivity contribution is -0.139. The number of benzene rings is 1. The fourth-order valence-corrected chi connectivity index (χ4v) is 2.06. The molecule has 0 bridgehead atoms. The zero-order chi connectivity index (χ0) is 20.3. The van der Waals surface area contributed by atoms with E-state index in [9.17, 15) is 36.3 Å². The molecule has 2 N–H and O–H groups in total. The van der Waals surface area contributed by atoms with Crippen LogP contribution in [-0.2, 0) is 19.6 Å². The molecule has 0 aliphatic heterocycles. The van der Waals surface area contributed by atoms with Crippen LogP contribution in [0.15, 0.2) is 24.3 Å². The van der Waals surface area contributed by atoms with E-state index >= 15 is 0 Å². The van der Waals surface area contributed by atoms with Crippen LogP contribution in [0.5, 0.6) is 5.75 Å². The molecule has 1 aromatic rings. The standard InChI is InChI=1S/C14H16F3NO7S/c1-13(2,3)24-12(21)18-10(11(19)20)8-4-6-9(7-5-8)25-26(22,23)14(15,16)17/h4-7,10H,1-3H3,(H,18,21)(H,19,20)/t10-/m0/s1. The number of aliphatic carboxylic acids is 1. The fourth-order valence-electron chi connectivity index (χ4n) is 1.60. The average molecular weight is 399 g/mol. The number of alkyl carbamates (subject to hydrolysis) is 1. The molecule has 12 heteroatoms. The number of hydrogen-bond donors (Lipinski definition) is 2. The molecule has 146 valence electrons. The quantitative estimate of drug-likeness (QED) is 0.577. The van der Waals surface area contributed by atoms with E-state index in [0.29, 0.717) is 0 Å². The number of halogens is 3. The van der Waals surface area contributed by atoms with E-state index in [2.05, 4.69) is 9.50 Å². The Balaban J connectivity index is 2.96. The van der Waals surface area contributed by atoms with Gasteiger partial charge in [0, 0.05) is 0 Å². The molecule has 1 atom stereocenters. The van der Waals surface area contributed by atoms with Crippen molar-refractivity contribution in [3.05, 3.63) is 29.8 Å². The van der Waals surface area contributed by atoms with Gasteiger partial charge in [-0.25, -0.2) is 9.59 Å². The first kappa shape index (κ1) is 21.5. The van der Waals surface area contributed by atoms with Crippen LogP contribution in [0.3, 0.4) is 0 Å². The van der Waals surface area contributed by atoms with Gasteiger partial charge in [0.15, 0.2) is 6.04 Å². The van der Waals surface area contributed by atoms with Crippen LogP contribution >= 0.6 is 0 Å². The van der Waals surface area contributed by atoms with Crippen molar-refractivity contribution in [2.24, 2.45) is 0 Å². The highest BCUT2D eigenvalue weighted by atomic mass is 32.2. The van der Waals surface area contributed by atoms with Crippen LogP contribution in [0.25, 0.3) is 0 Å². The van der Waals surface area contributed by atoms with Crippen molar-refractivity contribution in [1.82, 2.24) is 5.32 Å². The summed E-state index contributed by atoms with van der Waals surface area (Å²) in [5.41, 5.74) is -6.52. The Morgan fingerprint density at radius 1 is 1.12 bits per heavy atom. The van der Waals surface area contributed by atoms with Gasteiger partial charge in [0.1, 0.15) is 11.4 Å². The van der Waals surface area contributed by atoms with Crippen molar-refractivity contribution in [1.29, 1.82) is 0 Å². The molecule has 0 saturated carbocycles. The number of carboxylic acids is 1. The number of hydrogen-bond acceptors (Lipinski definition) is 6. The number of rotatable bonds is 5. The van der Waals surface area contributed by atoms with Gasteiger partial charge in [0.2, 0.25) is 0 Å². The van der Waals surface area contributed by atoms with E-state index in [1.807, 2.05) is 0 Å². The Hall–Kier alpha value is -2.50. The highest BCUT2D eigenvalue weighted by Crippen LogP contribution is 2.27. The van der Waals surface area contributed by atoms with Crippen LogP contribution < -0.4 is 9.50 Å². The second-order valence-electron chi connectivity index (χ2n) is 5.97. The number of carbonyl (C=O) groups is 2. The van der Waals surface area contributed by atoms with Crippen molar-refractivity contribution in [3.8, 4) is 5.75 Å². The van der Waals surface area contributed by atoms with E-state index in [1.54, 1.807) is 20.8 Å². The van der Waals surface area contributed by atoms with Crippen molar-refractivity contribution < 1.29 is 45.2 Å². The van der Waals surface area contributed by atoms with Gasteiger partial charge in [0.25, 0.3) is 0 Å². The summed E-state index contributed by atoms with van der Waals surface area (Å²) in [6.45, 7) is 4.70. The van der Waals surface area contributed by atoms with Crippen LogP contribution in [0.1, 0.15) is 32.4 Å². The molecule has 0 fully saturated rings. The monoisotopic (exact) mass is 399 g/mol. The molecule has 0 unspecified atom stereocenters. The summed E-state index contributed by atoms with van der Waals surface area (Å²) in [4.78, 5) is 23.0. The summed E-state index contributed by atoms with van der Waals surface area (Å²) in [6.07, 6.45) is -1.02. The first-order valence-corrected chi connectivity index (χ1v) is 8.36. The Labute approximate surface area is 147 Å². The molecule has 1 aromatic carbocycles. The first-order valence-electron chi connectivity index (χ1n) is 6.95. The van der Waals surface area contributed by atoms with Gasteiger partial charge in [0.05, 0.1) is 0 Å². The van der Waals surface area contributed by atoms with Gasteiger partial charge < -0.3 is 19.3 Å². The molecule has 0 aliphatic carbocycles. The number of carboxylic acid groups (broad SMARTS) is 1. The average Bonchev–Trinajstić information content (AvgIpc) is 2.42. The van der Waals surface area contributed by atoms with E-state index in [0.717, 1.165) is 24.3 Å². The Morgan fingerprint density at radius 3 is 2.00 bits per heavy atom. The Kier molecular flexibility index (Phi) is 6.13. The number of nitrogens with one attached hydrogen (secondary N) is 1. The lowest BCUT2D eigenvalue weighted by Gasteiger charge is -2.22. The third kappa shape index (κ3) is 6.10. The molecular weight excluding hydrogens is 383 g/mol. The first-order chi connectivity index (χ1) is 11.6. The van der Waals surface area contributed by atoms with Gasteiger partial charge in [-0.2, -0.15) is 21.6 Å². The summed E-state index contributed by atoms with van der Waals surface area (Å²) in [5, 5.41) is 11.3. The van der Waals surface area contributed by atoms with Crippen LogP contribution in [0.2, 0.25) is 0 Å². The normalized spacial score (nSPS) is 13.6. The van der Waals surface area contributed by atoms with Gasteiger partial charge in [-0.3, -0.25) is 0 Å². The molecular formula is C14H16F3NO7S. The van der Waals surface area contributed by atoms with E-state index in [-0.39, 0.29) is 5.56 Å². The molecule has 0 aliphatic rings. The highest BCUT2D eigenvalue weighted by molar-refractivity contribution is 7.88. The Bertz CT molecular complexity index is 767. The molecule has 1 amide bonds. The predicted molar refractivity (Wildman–Crippen MR) is 81.8 cm³/mol. The minimum atomic E-state index is -5.85. The zero-order valence-corrected chi connectivity index (χ0v) is 14.6. The number of carbonyl (C=O) groups excluding carboxylic acids is 1. The SMILES string of the molecule is CC(C)(C)OC(=O)N[C@H](C(=O)O)c1ccc(OS(=O)(=O)C(F)(F)F)cc1. The molecule has 0 saturated heterocycles. The number of amides is 1. The third-order valence-electron chi connectivity index (χ3n) is 2.61. The largest absolute Gasteiger partial charge is 0.534 e. The lowest BCUT2D eigenvalue weighted by Crippen LogP contribution is -2.38. The summed E-state index contributed by atoms with van der Waals surface area (Å²) in [5.74, 6) is -2.14. The van der Waals surface area contributed by atoms with Crippen molar-refractivity contribution in [2.45, 2.75) is 37.9 Å². The maximum atomic E-state index is 12.3. The van der Waals surface area contributed by atoms with Gasteiger partial charge in [-0.05, 0) is 38.5 Å². The number of ether oxygens (including phenoxy) is 1. The molecule has 0 aromatic heterocycles. The maximum Gasteiger partial charge on any atom is 0.534 e. The lowest BCUT2D eigenvalue weighted by atomic mass is 10.1. The molecule has 8 nitrogen and oxygen atoms in total. The third-order valence-corrected chi connectivity index (χ3v) is 3.59. The van der Waals surface area contributed by atoms with Gasteiger partial charge >= 0.3 is 27.7 Å². The summed E-state index contributed by atoms with van der Waals surface area (Å²) in [7, 11) is -5.85. The molecule has 1 rings (SSSR count). The number of alkyl halides is 3. The van der Waals surface area contributed by atoms with E-state index in [4.69, 9.17) is 4.74 Å². The smallest absolute Gasteiger partial charge is 0.479 e. The van der Waals surface area contributed by atoms with Crippen molar-refractivity contribution in [2.75, 3.05) is 0 Å². The molecule has 26 heavy (non-hydrogen) atoms. The summed E-state index contributed by atoms with van der Waals surface area (Å²) >= 11 is 0. The van der Waals surface area contributed by atoms with Crippen LogP contribution in [-0.4, -0.2) is 36.7 Å². The second-order valence-corrected chi connectivity index (χ2v) is 7.51. The summed E-state index contributed by atoms with van der Waals surface area (Å²) < 4.78 is 67.4. The zero-order valence-electron chi connectivity index (χ0n) is 13.8. The molecule has 0 heterocycles. The van der Waals surface area contributed by atoms with Gasteiger partial charge in [-0.15, -0.1) is 0 Å². The van der Waals surface area contributed by atoms with Crippen LogP contribution in [0, 0.1) is 0 Å². The minimum absolute atomic E-state index is 0.0416. The molecule has 0 spiro atoms. The minimum Gasteiger partial charge on any atom is -0.479 e. The van der Waals surface area contributed by atoms with Crippen molar-refractivity contribution >= 4 is 22.2 Å².